The lowest BCUT2D eigenvalue weighted by Gasteiger charge is -2.35. The molecular formula is C14H22ClFN2. The van der Waals surface area contributed by atoms with Crippen LogP contribution < -0.4 is 5.73 Å². The largest absolute Gasteiger partial charge is 0.327 e. The summed E-state index contributed by atoms with van der Waals surface area (Å²) >= 11 is 0. The molecule has 1 heterocycles. The molecule has 2 nitrogen and oxygen atoms in total. The van der Waals surface area contributed by atoms with Gasteiger partial charge in [-0.3, -0.25) is 4.90 Å². The smallest absolute Gasteiger partial charge is 0.123 e. The van der Waals surface area contributed by atoms with Crippen LogP contribution >= 0.6 is 12.4 Å². The molecule has 1 aromatic carbocycles. The number of halogens is 2. The van der Waals surface area contributed by atoms with Crippen LogP contribution in [0.5, 0.6) is 0 Å². The highest BCUT2D eigenvalue weighted by molar-refractivity contribution is 5.85. The molecule has 2 unspecified atom stereocenters. The summed E-state index contributed by atoms with van der Waals surface area (Å²) in [7, 11) is 0. The highest BCUT2D eigenvalue weighted by Crippen LogP contribution is 2.19. The molecule has 0 radical (unpaired) electrons. The molecule has 102 valence electrons. The Labute approximate surface area is 115 Å². The van der Waals surface area contributed by atoms with Gasteiger partial charge in [0.15, 0.2) is 0 Å². The summed E-state index contributed by atoms with van der Waals surface area (Å²) in [6, 6.07) is 5.38. The number of hydrogen-bond acceptors (Lipinski definition) is 2. The number of benzene rings is 1. The van der Waals surface area contributed by atoms with E-state index < -0.39 is 0 Å². The molecule has 1 fully saturated rings. The van der Waals surface area contributed by atoms with Gasteiger partial charge in [0, 0.05) is 19.1 Å². The van der Waals surface area contributed by atoms with E-state index in [1.165, 1.54) is 5.56 Å². The quantitative estimate of drug-likeness (QED) is 0.897. The Morgan fingerprint density at radius 1 is 1.44 bits per heavy atom. The van der Waals surface area contributed by atoms with Crippen LogP contribution in [0.25, 0.3) is 0 Å². The summed E-state index contributed by atoms with van der Waals surface area (Å²) in [4.78, 5) is 2.41. The van der Waals surface area contributed by atoms with Crippen molar-refractivity contribution in [1.82, 2.24) is 4.90 Å². The lowest BCUT2D eigenvalue weighted by molar-refractivity contribution is 0.157. The Morgan fingerprint density at radius 3 is 2.78 bits per heavy atom. The van der Waals surface area contributed by atoms with E-state index >= 15 is 0 Å². The van der Waals surface area contributed by atoms with Crippen LogP contribution in [0.15, 0.2) is 18.2 Å². The molecule has 0 amide bonds. The zero-order valence-corrected chi connectivity index (χ0v) is 11.8. The van der Waals surface area contributed by atoms with Crippen molar-refractivity contribution in [2.75, 3.05) is 13.1 Å². The summed E-state index contributed by atoms with van der Waals surface area (Å²) in [5, 5.41) is 0. The maximum absolute atomic E-state index is 13.0. The van der Waals surface area contributed by atoms with Crippen molar-refractivity contribution in [3.05, 3.63) is 35.1 Å². The fourth-order valence-corrected chi connectivity index (χ4v) is 2.47. The fourth-order valence-electron chi connectivity index (χ4n) is 2.47. The van der Waals surface area contributed by atoms with Gasteiger partial charge < -0.3 is 5.73 Å². The molecule has 1 saturated heterocycles. The topological polar surface area (TPSA) is 29.3 Å². The van der Waals surface area contributed by atoms with Gasteiger partial charge in [-0.15, -0.1) is 12.4 Å². The first-order chi connectivity index (χ1) is 8.06. The Hall–Kier alpha value is -0.640. The minimum atomic E-state index is -0.153. The number of hydrogen-bond donors (Lipinski definition) is 1. The first kappa shape index (κ1) is 15.4. The van der Waals surface area contributed by atoms with Crippen molar-refractivity contribution >= 4 is 12.4 Å². The van der Waals surface area contributed by atoms with Gasteiger partial charge in [0.25, 0.3) is 0 Å². The van der Waals surface area contributed by atoms with E-state index in [0.29, 0.717) is 12.0 Å². The molecule has 4 heteroatoms. The van der Waals surface area contributed by atoms with Crippen molar-refractivity contribution < 1.29 is 4.39 Å². The summed E-state index contributed by atoms with van der Waals surface area (Å²) in [6.45, 7) is 7.16. The van der Waals surface area contributed by atoms with Crippen LogP contribution in [0.3, 0.4) is 0 Å². The number of likely N-dealkylation sites (tertiary alicyclic amines) is 1. The lowest BCUT2D eigenvalue weighted by atomic mass is 9.94. The lowest BCUT2D eigenvalue weighted by Crippen LogP contribution is -2.45. The van der Waals surface area contributed by atoms with E-state index in [-0.39, 0.29) is 18.2 Å². The fraction of sp³-hybridized carbons (Fsp3) is 0.571. The van der Waals surface area contributed by atoms with Gasteiger partial charge in [0.2, 0.25) is 0 Å². The average Bonchev–Trinajstić information content (AvgIpc) is 2.27. The van der Waals surface area contributed by atoms with E-state index in [1.54, 1.807) is 12.1 Å². The van der Waals surface area contributed by atoms with Crippen molar-refractivity contribution in [1.29, 1.82) is 0 Å². The molecule has 1 aromatic rings. The van der Waals surface area contributed by atoms with Crippen molar-refractivity contribution in [2.24, 2.45) is 11.7 Å². The molecule has 1 aliphatic heterocycles. The SMILES string of the molecule is Cc1cc(F)ccc1CN1CCC(N)C(C)C1.Cl. The van der Waals surface area contributed by atoms with Gasteiger partial charge in [-0.2, -0.15) is 0 Å². The second-order valence-corrected chi connectivity index (χ2v) is 5.24. The molecule has 0 aromatic heterocycles. The van der Waals surface area contributed by atoms with Crippen LogP contribution in [0.4, 0.5) is 4.39 Å². The second-order valence-electron chi connectivity index (χ2n) is 5.24. The Bertz CT molecular complexity index is 397. The highest BCUT2D eigenvalue weighted by Gasteiger charge is 2.23. The number of nitrogens with two attached hydrogens (primary N) is 1. The van der Waals surface area contributed by atoms with Gasteiger partial charge in [0.1, 0.15) is 5.82 Å². The van der Waals surface area contributed by atoms with Crippen molar-refractivity contribution in [3.63, 3.8) is 0 Å². The molecule has 0 saturated carbocycles. The van der Waals surface area contributed by atoms with E-state index in [0.717, 1.165) is 31.6 Å². The molecule has 0 aliphatic carbocycles. The van der Waals surface area contributed by atoms with Gasteiger partial charge in [-0.1, -0.05) is 13.0 Å². The van der Waals surface area contributed by atoms with Crippen molar-refractivity contribution in [2.45, 2.75) is 32.9 Å². The molecule has 0 bridgehead atoms. The van der Waals surface area contributed by atoms with Gasteiger partial charge in [-0.25, -0.2) is 4.39 Å². The van der Waals surface area contributed by atoms with Crippen LogP contribution in [-0.2, 0) is 6.54 Å². The third kappa shape index (κ3) is 3.67. The predicted molar refractivity (Wildman–Crippen MR) is 75.4 cm³/mol. The van der Waals surface area contributed by atoms with Crippen molar-refractivity contribution in [3.8, 4) is 0 Å². The normalized spacial score (nSPS) is 24.7. The van der Waals surface area contributed by atoms with E-state index in [1.807, 2.05) is 13.0 Å². The molecule has 2 N–H and O–H groups in total. The first-order valence-electron chi connectivity index (χ1n) is 6.29. The Kier molecular flexibility index (Phi) is 5.57. The summed E-state index contributed by atoms with van der Waals surface area (Å²) in [5.74, 6) is 0.393. The van der Waals surface area contributed by atoms with Crippen LogP contribution in [0.1, 0.15) is 24.5 Å². The van der Waals surface area contributed by atoms with Crippen LogP contribution in [-0.4, -0.2) is 24.0 Å². The van der Waals surface area contributed by atoms with Crippen LogP contribution in [0, 0.1) is 18.7 Å². The number of nitrogens with zero attached hydrogens (tertiary/aromatic N) is 1. The standard InChI is InChI=1S/C14H21FN2.ClH/c1-10-7-13(15)4-3-12(10)9-17-6-5-14(16)11(2)8-17;/h3-4,7,11,14H,5-6,8-9,16H2,1-2H3;1H. The first-order valence-corrected chi connectivity index (χ1v) is 6.29. The maximum atomic E-state index is 13.0. The molecule has 1 aliphatic rings. The zero-order chi connectivity index (χ0) is 12.4. The van der Waals surface area contributed by atoms with Gasteiger partial charge in [-0.05, 0) is 49.1 Å². The molecular weight excluding hydrogens is 251 g/mol. The molecule has 0 spiro atoms. The minimum Gasteiger partial charge on any atom is -0.327 e. The maximum Gasteiger partial charge on any atom is 0.123 e. The summed E-state index contributed by atoms with van der Waals surface area (Å²) < 4.78 is 13.0. The number of rotatable bonds is 2. The number of piperidine rings is 1. The molecule has 2 atom stereocenters. The summed E-state index contributed by atoms with van der Waals surface area (Å²) in [5.41, 5.74) is 8.26. The predicted octanol–water partition coefficient (Wildman–Crippen LogP) is 2.73. The third-order valence-corrected chi connectivity index (χ3v) is 3.75. The zero-order valence-electron chi connectivity index (χ0n) is 11.0. The summed E-state index contributed by atoms with van der Waals surface area (Å²) in [6.07, 6.45) is 1.06. The monoisotopic (exact) mass is 272 g/mol. The Balaban J connectivity index is 0.00000162. The molecule has 18 heavy (non-hydrogen) atoms. The third-order valence-electron chi connectivity index (χ3n) is 3.75. The average molecular weight is 273 g/mol. The van der Waals surface area contributed by atoms with Crippen LogP contribution in [0.2, 0.25) is 0 Å². The minimum absolute atomic E-state index is 0. The van der Waals surface area contributed by atoms with Gasteiger partial charge >= 0.3 is 0 Å². The van der Waals surface area contributed by atoms with E-state index in [9.17, 15) is 4.39 Å². The van der Waals surface area contributed by atoms with Gasteiger partial charge in [0.05, 0.1) is 0 Å². The van der Waals surface area contributed by atoms with E-state index in [4.69, 9.17) is 5.73 Å². The molecule has 2 rings (SSSR count). The van der Waals surface area contributed by atoms with E-state index in [2.05, 4.69) is 11.8 Å². The Morgan fingerprint density at radius 2 is 2.17 bits per heavy atom. The second kappa shape index (κ2) is 6.50. The highest BCUT2D eigenvalue weighted by atomic mass is 35.5. The number of aryl methyl sites for hydroxylation is 1.